The Balaban J connectivity index is 2.65. The molecule has 1 aromatic rings. The highest BCUT2D eigenvalue weighted by atomic mass is 32.1. The van der Waals surface area contributed by atoms with Crippen LogP contribution >= 0.6 is 11.3 Å². The van der Waals surface area contributed by atoms with Crippen LogP contribution in [0.15, 0.2) is 6.20 Å². The number of hydrogen-bond donors (Lipinski definition) is 1. The molecule has 3 nitrogen and oxygen atoms in total. The summed E-state index contributed by atoms with van der Waals surface area (Å²) in [6.07, 6.45) is -2.47. The van der Waals surface area contributed by atoms with Crippen molar-refractivity contribution in [3.8, 4) is 0 Å². The van der Waals surface area contributed by atoms with Crippen LogP contribution in [-0.4, -0.2) is 17.1 Å². The quantitative estimate of drug-likeness (QED) is 0.897. The number of nitrogens with zero attached hydrogens (tertiary/aromatic N) is 1. The van der Waals surface area contributed by atoms with Crippen LogP contribution in [-0.2, 0) is 11.2 Å². The van der Waals surface area contributed by atoms with Gasteiger partial charge in [0, 0.05) is 11.1 Å². The molecule has 0 fully saturated rings. The van der Waals surface area contributed by atoms with Crippen LogP contribution in [0, 0.1) is 0 Å². The van der Waals surface area contributed by atoms with Gasteiger partial charge in [-0.1, -0.05) is 6.92 Å². The van der Waals surface area contributed by atoms with Crippen molar-refractivity contribution in [2.75, 3.05) is 0 Å². The molecule has 0 aliphatic heterocycles. The number of aryl methyl sites for hydroxylation is 1. The molecule has 1 aromatic heterocycles. The number of thiazole rings is 1. The number of rotatable bonds is 3. The zero-order chi connectivity index (χ0) is 12.3. The Morgan fingerprint density at radius 2 is 2.25 bits per heavy atom. The zero-order valence-electron chi connectivity index (χ0n) is 8.76. The number of hydrogen-bond acceptors (Lipinski definition) is 3. The van der Waals surface area contributed by atoms with E-state index in [-0.39, 0.29) is 0 Å². The van der Waals surface area contributed by atoms with Crippen molar-refractivity contribution in [2.45, 2.75) is 32.5 Å². The van der Waals surface area contributed by atoms with Gasteiger partial charge in [0.05, 0.1) is 6.04 Å². The van der Waals surface area contributed by atoms with Crippen LogP contribution in [0.25, 0.3) is 0 Å². The van der Waals surface area contributed by atoms with E-state index in [0.717, 1.165) is 11.3 Å². The average molecular weight is 252 g/mol. The summed E-state index contributed by atoms with van der Waals surface area (Å²) in [6, 6.07) is -0.723. The van der Waals surface area contributed by atoms with Crippen molar-refractivity contribution in [1.29, 1.82) is 0 Å². The van der Waals surface area contributed by atoms with Crippen LogP contribution in [0.4, 0.5) is 13.2 Å². The maximum atomic E-state index is 12.0. The van der Waals surface area contributed by atoms with Crippen LogP contribution in [0.3, 0.4) is 0 Å². The summed E-state index contributed by atoms with van der Waals surface area (Å²) in [5, 5.41) is 2.34. The maximum absolute atomic E-state index is 12.0. The molecule has 0 saturated heterocycles. The third-order valence-electron chi connectivity index (χ3n) is 1.90. The zero-order valence-corrected chi connectivity index (χ0v) is 9.58. The second-order valence-corrected chi connectivity index (χ2v) is 4.36. The van der Waals surface area contributed by atoms with Gasteiger partial charge in [-0.15, -0.1) is 11.3 Å². The Hall–Kier alpha value is -1.11. The summed E-state index contributed by atoms with van der Waals surface area (Å²) in [7, 11) is 0. The van der Waals surface area contributed by atoms with Crippen LogP contribution in [0.2, 0.25) is 0 Å². The molecule has 0 spiro atoms. The first kappa shape index (κ1) is 13.0. The minimum atomic E-state index is -4.85. The third-order valence-corrected chi connectivity index (χ3v) is 3.22. The highest BCUT2D eigenvalue weighted by Gasteiger charge is 2.39. The summed E-state index contributed by atoms with van der Waals surface area (Å²) in [5.74, 6) is -1.94. The molecule has 1 N–H and O–H groups in total. The Bertz CT molecular complexity index is 375. The SMILES string of the molecule is CCc1cnc(C(C)NC(=O)C(F)(F)F)s1. The summed E-state index contributed by atoms with van der Waals surface area (Å²) in [4.78, 5) is 15.6. The van der Waals surface area contributed by atoms with Gasteiger partial charge in [-0.05, 0) is 13.3 Å². The van der Waals surface area contributed by atoms with Gasteiger partial charge in [-0.3, -0.25) is 4.79 Å². The molecule has 0 aliphatic rings. The summed E-state index contributed by atoms with van der Waals surface area (Å²) >= 11 is 1.30. The number of amides is 1. The van der Waals surface area contributed by atoms with E-state index in [0.29, 0.717) is 5.01 Å². The molecule has 0 radical (unpaired) electrons. The molecule has 7 heteroatoms. The largest absolute Gasteiger partial charge is 0.471 e. The van der Waals surface area contributed by atoms with E-state index < -0.39 is 18.1 Å². The molecule has 0 bridgehead atoms. The lowest BCUT2D eigenvalue weighted by molar-refractivity contribution is -0.174. The lowest BCUT2D eigenvalue weighted by Crippen LogP contribution is -2.38. The van der Waals surface area contributed by atoms with Crippen LogP contribution < -0.4 is 5.32 Å². The van der Waals surface area contributed by atoms with Crippen molar-refractivity contribution in [1.82, 2.24) is 10.3 Å². The maximum Gasteiger partial charge on any atom is 0.471 e. The Kier molecular flexibility index (Phi) is 3.90. The number of halogens is 3. The monoisotopic (exact) mass is 252 g/mol. The Morgan fingerprint density at radius 3 is 2.69 bits per heavy atom. The molecule has 0 aliphatic carbocycles. The molecule has 1 unspecified atom stereocenters. The Labute approximate surface area is 94.7 Å². The molecule has 0 aromatic carbocycles. The first-order valence-corrected chi connectivity index (χ1v) is 5.48. The van der Waals surface area contributed by atoms with Crippen LogP contribution in [0.1, 0.15) is 29.8 Å². The minimum Gasteiger partial charge on any atom is -0.339 e. The molecule has 1 amide bonds. The van der Waals surface area contributed by atoms with Gasteiger partial charge in [0.25, 0.3) is 0 Å². The normalized spacial score (nSPS) is 13.6. The van der Waals surface area contributed by atoms with Crippen LogP contribution in [0.5, 0.6) is 0 Å². The van der Waals surface area contributed by atoms with Gasteiger partial charge < -0.3 is 5.32 Å². The number of aromatic nitrogens is 1. The molecular weight excluding hydrogens is 241 g/mol. The Morgan fingerprint density at radius 1 is 1.62 bits per heavy atom. The first-order valence-electron chi connectivity index (χ1n) is 4.67. The van der Waals surface area contributed by atoms with Gasteiger partial charge in [0.15, 0.2) is 0 Å². The molecule has 0 saturated carbocycles. The van der Waals surface area contributed by atoms with Gasteiger partial charge in [-0.25, -0.2) is 4.98 Å². The van der Waals surface area contributed by atoms with Gasteiger partial charge >= 0.3 is 12.1 Å². The molecule has 16 heavy (non-hydrogen) atoms. The average Bonchev–Trinajstić information content (AvgIpc) is 2.64. The third kappa shape index (κ3) is 3.19. The lowest BCUT2D eigenvalue weighted by atomic mass is 10.3. The molecule has 90 valence electrons. The number of nitrogens with one attached hydrogen (secondary N) is 1. The topological polar surface area (TPSA) is 42.0 Å². The van der Waals surface area contributed by atoms with Gasteiger partial charge in [0.1, 0.15) is 5.01 Å². The minimum absolute atomic E-state index is 0.481. The van der Waals surface area contributed by atoms with E-state index >= 15 is 0 Å². The highest BCUT2D eigenvalue weighted by Crippen LogP contribution is 2.22. The van der Waals surface area contributed by atoms with Gasteiger partial charge in [-0.2, -0.15) is 13.2 Å². The fraction of sp³-hybridized carbons (Fsp3) is 0.556. The first-order chi connectivity index (χ1) is 7.34. The smallest absolute Gasteiger partial charge is 0.339 e. The number of alkyl halides is 3. The van der Waals surface area contributed by atoms with Crippen molar-refractivity contribution < 1.29 is 18.0 Å². The molecular formula is C9H11F3N2OS. The van der Waals surface area contributed by atoms with Crippen molar-refractivity contribution >= 4 is 17.2 Å². The van der Waals surface area contributed by atoms with E-state index in [1.165, 1.54) is 18.3 Å². The second kappa shape index (κ2) is 4.82. The molecule has 1 rings (SSSR count). The fourth-order valence-electron chi connectivity index (χ4n) is 1.03. The fourth-order valence-corrected chi connectivity index (χ4v) is 1.89. The summed E-state index contributed by atoms with van der Waals surface area (Å²) < 4.78 is 35.9. The van der Waals surface area contributed by atoms with E-state index in [9.17, 15) is 18.0 Å². The molecule has 1 heterocycles. The van der Waals surface area contributed by atoms with E-state index in [1.807, 2.05) is 12.2 Å². The predicted octanol–water partition coefficient (Wildman–Crippen LogP) is 2.45. The molecule has 1 atom stereocenters. The standard InChI is InChI=1S/C9H11F3N2OS/c1-3-6-4-13-7(16-6)5(2)14-8(15)9(10,11)12/h4-5H,3H2,1-2H3,(H,14,15). The lowest BCUT2D eigenvalue weighted by Gasteiger charge is -2.12. The summed E-state index contributed by atoms with van der Waals surface area (Å²) in [6.45, 7) is 3.40. The van der Waals surface area contributed by atoms with Crippen molar-refractivity contribution in [3.05, 3.63) is 16.1 Å². The summed E-state index contributed by atoms with van der Waals surface area (Å²) in [5.41, 5.74) is 0. The van der Waals surface area contributed by atoms with E-state index in [1.54, 1.807) is 6.20 Å². The van der Waals surface area contributed by atoms with E-state index in [2.05, 4.69) is 4.98 Å². The number of carbonyl (C=O) groups excluding carboxylic acids is 1. The van der Waals surface area contributed by atoms with E-state index in [4.69, 9.17) is 0 Å². The van der Waals surface area contributed by atoms with Gasteiger partial charge in [0.2, 0.25) is 0 Å². The number of carbonyl (C=O) groups is 1. The van der Waals surface area contributed by atoms with Crippen molar-refractivity contribution in [3.63, 3.8) is 0 Å². The highest BCUT2D eigenvalue weighted by molar-refractivity contribution is 7.11. The predicted molar refractivity (Wildman–Crippen MR) is 54.1 cm³/mol. The van der Waals surface area contributed by atoms with Crippen molar-refractivity contribution in [2.24, 2.45) is 0 Å². The second-order valence-electron chi connectivity index (χ2n) is 3.21.